The molecule has 1 N–H and O–H groups in total. The molecule has 2 rings (SSSR count). The maximum absolute atomic E-state index is 12.1. The van der Waals surface area contributed by atoms with Gasteiger partial charge >= 0.3 is 5.97 Å². The van der Waals surface area contributed by atoms with Crippen LogP contribution < -0.4 is 0 Å². The predicted molar refractivity (Wildman–Crippen MR) is 76.8 cm³/mol. The summed E-state index contributed by atoms with van der Waals surface area (Å²) in [6, 6.07) is 9.61. The molecule has 5 nitrogen and oxygen atoms in total. The van der Waals surface area contributed by atoms with E-state index in [-0.39, 0.29) is 18.9 Å². The molecule has 6 heteroatoms. The van der Waals surface area contributed by atoms with Gasteiger partial charge in [-0.1, -0.05) is 30.3 Å². The third-order valence-electron chi connectivity index (χ3n) is 2.74. The van der Waals surface area contributed by atoms with Crippen LogP contribution >= 0.6 is 11.3 Å². The molecule has 1 aromatic heterocycles. The van der Waals surface area contributed by atoms with Gasteiger partial charge in [0.2, 0.25) is 0 Å². The fraction of sp³-hybridized carbons (Fsp3) is 0.214. The number of hydrogen-bond acceptors (Lipinski definition) is 4. The average molecular weight is 290 g/mol. The van der Waals surface area contributed by atoms with Gasteiger partial charge in [-0.05, 0) is 0 Å². The first-order chi connectivity index (χ1) is 9.58. The van der Waals surface area contributed by atoms with Gasteiger partial charge in [0, 0.05) is 19.2 Å². The summed E-state index contributed by atoms with van der Waals surface area (Å²) in [4.78, 5) is 28.8. The van der Waals surface area contributed by atoms with E-state index in [0.717, 1.165) is 10.6 Å². The number of hydrogen-bond donors (Lipinski definition) is 1. The smallest absolute Gasteiger partial charge is 0.305 e. The lowest BCUT2D eigenvalue weighted by Crippen LogP contribution is -2.28. The van der Waals surface area contributed by atoms with E-state index in [1.165, 1.54) is 22.4 Å². The Balaban J connectivity index is 2.08. The first-order valence-electron chi connectivity index (χ1n) is 6.06. The van der Waals surface area contributed by atoms with E-state index in [2.05, 4.69) is 4.98 Å². The van der Waals surface area contributed by atoms with Crippen molar-refractivity contribution in [3.05, 3.63) is 41.4 Å². The van der Waals surface area contributed by atoms with E-state index in [0.29, 0.717) is 4.88 Å². The van der Waals surface area contributed by atoms with Crippen LogP contribution in [0.15, 0.2) is 36.5 Å². The summed E-state index contributed by atoms with van der Waals surface area (Å²) >= 11 is 1.31. The molecule has 0 fully saturated rings. The molecule has 1 aromatic carbocycles. The molecule has 0 spiro atoms. The maximum Gasteiger partial charge on any atom is 0.305 e. The van der Waals surface area contributed by atoms with Gasteiger partial charge in [0.25, 0.3) is 5.91 Å². The number of aliphatic carboxylic acids is 1. The summed E-state index contributed by atoms with van der Waals surface area (Å²) in [5, 5.41) is 9.40. The number of amides is 1. The van der Waals surface area contributed by atoms with Crippen LogP contribution in [0.5, 0.6) is 0 Å². The highest BCUT2D eigenvalue weighted by Crippen LogP contribution is 2.25. The minimum Gasteiger partial charge on any atom is -0.481 e. The van der Waals surface area contributed by atoms with E-state index in [1.54, 1.807) is 7.05 Å². The molecule has 0 radical (unpaired) electrons. The van der Waals surface area contributed by atoms with Crippen LogP contribution in [0.3, 0.4) is 0 Å². The van der Waals surface area contributed by atoms with Crippen molar-refractivity contribution in [3.63, 3.8) is 0 Å². The molecule has 1 amide bonds. The van der Waals surface area contributed by atoms with E-state index in [4.69, 9.17) is 5.11 Å². The SMILES string of the molecule is CN(CCC(=O)O)C(=O)c1cnc(-c2ccccc2)s1. The minimum atomic E-state index is -0.918. The highest BCUT2D eigenvalue weighted by atomic mass is 32.1. The quantitative estimate of drug-likeness (QED) is 0.917. The van der Waals surface area contributed by atoms with Crippen LogP contribution in [0.25, 0.3) is 10.6 Å². The number of carboxylic acid groups (broad SMARTS) is 1. The third-order valence-corrected chi connectivity index (χ3v) is 3.78. The summed E-state index contributed by atoms with van der Waals surface area (Å²) < 4.78 is 0. The van der Waals surface area contributed by atoms with Crippen LogP contribution in [-0.2, 0) is 4.79 Å². The molecule has 0 atom stereocenters. The van der Waals surface area contributed by atoms with Crippen LogP contribution in [0.1, 0.15) is 16.1 Å². The molecule has 1 heterocycles. The van der Waals surface area contributed by atoms with Crippen molar-refractivity contribution in [3.8, 4) is 10.6 Å². The topological polar surface area (TPSA) is 70.5 Å². The summed E-state index contributed by atoms with van der Waals surface area (Å²) in [5.74, 6) is -1.12. The molecule has 0 saturated heterocycles. The second kappa shape index (κ2) is 6.29. The van der Waals surface area contributed by atoms with E-state index >= 15 is 0 Å². The molecule has 0 saturated carbocycles. The molecular weight excluding hydrogens is 276 g/mol. The zero-order chi connectivity index (χ0) is 14.5. The second-order valence-electron chi connectivity index (χ2n) is 4.27. The normalized spacial score (nSPS) is 10.2. The molecule has 0 unspecified atom stereocenters. The van der Waals surface area contributed by atoms with Crippen molar-refractivity contribution in [2.75, 3.05) is 13.6 Å². The van der Waals surface area contributed by atoms with E-state index in [9.17, 15) is 9.59 Å². The lowest BCUT2D eigenvalue weighted by atomic mass is 10.2. The number of benzene rings is 1. The van der Waals surface area contributed by atoms with Crippen molar-refractivity contribution >= 4 is 23.2 Å². The molecule has 0 bridgehead atoms. The van der Waals surface area contributed by atoms with Gasteiger partial charge in [0.05, 0.1) is 12.6 Å². The summed E-state index contributed by atoms with van der Waals surface area (Å²) in [6.07, 6.45) is 1.47. The first-order valence-corrected chi connectivity index (χ1v) is 6.88. The van der Waals surface area contributed by atoms with Crippen molar-refractivity contribution in [1.29, 1.82) is 0 Å². The van der Waals surface area contributed by atoms with E-state index < -0.39 is 5.97 Å². The Morgan fingerprint density at radius 1 is 1.30 bits per heavy atom. The van der Waals surface area contributed by atoms with Gasteiger partial charge in [0.1, 0.15) is 9.88 Å². The van der Waals surface area contributed by atoms with Crippen molar-refractivity contribution < 1.29 is 14.7 Å². The first kappa shape index (κ1) is 14.2. The molecule has 20 heavy (non-hydrogen) atoms. The molecule has 0 aliphatic heterocycles. The highest BCUT2D eigenvalue weighted by molar-refractivity contribution is 7.16. The van der Waals surface area contributed by atoms with Gasteiger partial charge in [-0.3, -0.25) is 9.59 Å². The molecule has 0 aliphatic carbocycles. The molecule has 0 aliphatic rings. The number of thiazole rings is 1. The monoisotopic (exact) mass is 290 g/mol. The lowest BCUT2D eigenvalue weighted by Gasteiger charge is -2.14. The fourth-order valence-corrected chi connectivity index (χ4v) is 2.56. The fourth-order valence-electron chi connectivity index (χ4n) is 1.64. The lowest BCUT2D eigenvalue weighted by molar-refractivity contribution is -0.137. The van der Waals surface area contributed by atoms with Crippen molar-refractivity contribution in [2.24, 2.45) is 0 Å². The predicted octanol–water partition coefficient (Wildman–Crippen LogP) is 2.36. The van der Waals surface area contributed by atoms with Gasteiger partial charge in [-0.2, -0.15) is 0 Å². The van der Waals surface area contributed by atoms with Gasteiger partial charge in [-0.25, -0.2) is 4.98 Å². The van der Waals surface area contributed by atoms with Crippen LogP contribution in [0.4, 0.5) is 0 Å². The number of nitrogens with zero attached hydrogens (tertiary/aromatic N) is 2. The van der Waals surface area contributed by atoms with Crippen molar-refractivity contribution in [1.82, 2.24) is 9.88 Å². The van der Waals surface area contributed by atoms with Gasteiger partial charge < -0.3 is 10.0 Å². The van der Waals surface area contributed by atoms with Crippen LogP contribution in [0, 0.1) is 0 Å². The largest absolute Gasteiger partial charge is 0.481 e. The number of carbonyl (C=O) groups excluding carboxylic acids is 1. The summed E-state index contributed by atoms with van der Waals surface area (Å²) in [5.41, 5.74) is 0.963. The summed E-state index contributed by atoms with van der Waals surface area (Å²) in [6.45, 7) is 0.187. The van der Waals surface area contributed by atoms with E-state index in [1.807, 2.05) is 30.3 Å². The Labute approximate surface area is 120 Å². The van der Waals surface area contributed by atoms with Crippen LogP contribution in [-0.4, -0.2) is 40.5 Å². The average Bonchev–Trinajstić information content (AvgIpc) is 2.94. The Kier molecular flexibility index (Phi) is 4.47. The molecular formula is C14H14N2O3S. The highest BCUT2D eigenvalue weighted by Gasteiger charge is 2.16. The standard InChI is InChI=1S/C14H14N2O3S/c1-16(8-7-12(17)18)14(19)11-9-15-13(20-11)10-5-3-2-4-6-10/h2-6,9H,7-8H2,1H3,(H,17,18). The molecule has 104 valence electrons. The Bertz CT molecular complexity index is 610. The number of carbonyl (C=O) groups is 2. The van der Waals surface area contributed by atoms with Gasteiger partial charge in [-0.15, -0.1) is 11.3 Å². The zero-order valence-electron chi connectivity index (χ0n) is 10.9. The Morgan fingerprint density at radius 3 is 2.65 bits per heavy atom. The van der Waals surface area contributed by atoms with Gasteiger partial charge in [0.15, 0.2) is 0 Å². The molecule has 2 aromatic rings. The van der Waals surface area contributed by atoms with Crippen LogP contribution in [0.2, 0.25) is 0 Å². The summed E-state index contributed by atoms with van der Waals surface area (Å²) in [7, 11) is 1.59. The zero-order valence-corrected chi connectivity index (χ0v) is 11.8. The second-order valence-corrected chi connectivity index (χ2v) is 5.30. The van der Waals surface area contributed by atoms with Crippen molar-refractivity contribution in [2.45, 2.75) is 6.42 Å². The number of aromatic nitrogens is 1. The minimum absolute atomic E-state index is 0.0629. The number of carboxylic acids is 1. The number of rotatable bonds is 5. The Hall–Kier alpha value is -2.21. The Morgan fingerprint density at radius 2 is 2.00 bits per heavy atom. The third kappa shape index (κ3) is 3.42. The maximum atomic E-state index is 12.1.